The molecule has 0 amide bonds. The van der Waals surface area contributed by atoms with Crippen molar-refractivity contribution in [2.75, 3.05) is 23.7 Å². The molecule has 0 radical (unpaired) electrons. The van der Waals surface area contributed by atoms with Crippen LogP contribution in [-0.4, -0.2) is 24.2 Å². The first kappa shape index (κ1) is 13.4. The molecule has 1 rings (SSSR count). The Hall–Kier alpha value is -1.71. The summed E-state index contributed by atoms with van der Waals surface area (Å²) in [5.41, 5.74) is 7.11. The third-order valence-electron chi connectivity index (χ3n) is 2.56. The molecule has 4 nitrogen and oxygen atoms in total. The van der Waals surface area contributed by atoms with Gasteiger partial charge in [0, 0.05) is 18.8 Å². The lowest BCUT2D eigenvalue weighted by Gasteiger charge is -2.26. The molecule has 0 aliphatic rings. The van der Waals surface area contributed by atoms with E-state index in [1.54, 1.807) is 12.1 Å². The summed E-state index contributed by atoms with van der Waals surface area (Å²) >= 11 is 0. The van der Waals surface area contributed by atoms with Crippen LogP contribution in [-0.2, 0) is 0 Å². The minimum atomic E-state index is -0.936. The number of anilines is 2. The summed E-state index contributed by atoms with van der Waals surface area (Å²) in [4.78, 5) is 13.3. The molecule has 0 saturated heterocycles. The number of benzene rings is 1. The maximum atomic E-state index is 11.2. The minimum absolute atomic E-state index is 0.271. The van der Waals surface area contributed by atoms with E-state index in [0.717, 1.165) is 18.8 Å². The zero-order chi connectivity index (χ0) is 13.0. The molecule has 0 saturated carbocycles. The normalized spacial score (nSPS) is 10.6. The zero-order valence-corrected chi connectivity index (χ0v) is 10.6. The highest BCUT2D eigenvalue weighted by atomic mass is 16.4. The number of hydrogen-bond acceptors (Lipinski definition) is 3. The molecule has 0 aliphatic heterocycles. The van der Waals surface area contributed by atoms with Crippen molar-refractivity contribution in [1.29, 1.82) is 0 Å². The summed E-state index contributed by atoms with van der Waals surface area (Å²) in [6, 6.07) is 5.04. The fourth-order valence-electron chi connectivity index (χ4n) is 1.84. The van der Waals surface area contributed by atoms with Crippen molar-refractivity contribution in [3.05, 3.63) is 23.8 Å². The third kappa shape index (κ3) is 3.37. The largest absolute Gasteiger partial charge is 0.478 e. The maximum Gasteiger partial charge on any atom is 0.337 e. The van der Waals surface area contributed by atoms with E-state index < -0.39 is 5.97 Å². The molecule has 0 aromatic heterocycles. The van der Waals surface area contributed by atoms with Crippen LogP contribution in [0.2, 0.25) is 0 Å². The van der Waals surface area contributed by atoms with Crippen LogP contribution >= 0.6 is 0 Å². The van der Waals surface area contributed by atoms with E-state index in [9.17, 15) is 9.90 Å². The van der Waals surface area contributed by atoms with Gasteiger partial charge in [-0.3, -0.25) is 0 Å². The molecule has 1 aromatic carbocycles. The second-order valence-electron chi connectivity index (χ2n) is 4.51. The highest BCUT2D eigenvalue weighted by molar-refractivity contribution is 5.95. The Kier molecular flexibility index (Phi) is 4.37. The van der Waals surface area contributed by atoms with E-state index in [-0.39, 0.29) is 5.56 Å². The quantitative estimate of drug-likeness (QED) is 0.771. The molecule has 0 spiro atoms. The number of nitrogen functional groups attached to an aromatic ring is 1. The predicted molar refractivity (Wildman–Crippen MR) is 70.5 cm³/mol. The van der Waals surface area contributed by atoms with Gasteiger partial charge in [-0.05, 0) is 31.0 Å². The molecule has 94 valence electrons. The second kappa shape index (κ2) is 5.57. The van der Waals surface area contributed by atoms with E-state index in [2.05, 4.69) is 18.7 Å². The van der Waals surface area contributed by atoms with Crippen molar-refractivity contribution in [3.63, 3.8) is 0 Å². The van der Waals surface area contributed by atoms with Crippen LogP contribution in [0.4, 0.5) is 11.4 Å². The van der Waals surface area contributed by atoms with Gasteiger partial charge in [-0.25, -0.2) is 4.79 Å². The molecule has 0 fully saturated rings. The molecule has 0 bridgehead atoms. The Balaban J connectivity index is 3.14. The summed E-state index contributed by atoms with van der Waals surface area (Å²) in [5.74, 6) is -0.455. The lowest BCUT2D eigenvalue weighted by Crippen LogP contribution is -2.28. The topological polar surface area (TPSA) is 66.6 Å². The maximum absolute atomic E-state index is 11.2. The summed E-state index contributed by atoms with van der Waals surface area (Å²) in [6.45, 7) is 7.86. The number of nitrogens with zero attached hydrogens (tertiary/aromatic N) is 1. The van der Waals surface area contributed by atoms with Gasteiger partial charge in [-0.15, -0.1) is 0 Å². The molecule has 3 N–H and O–H groups in total. The lowest BCUT2D eigenvalue weighted by molar-refractivity contribution is 0.0697. The summed E-state index contributed by atoms with van der Waals surface area (Å²) in [6.07, 6.45) is 0. The van der Waals surface area contributed by atoms with Gasteiger partial charge in [0.1, 0.15) is 0 Å². The Morgan fingerprint density at radius 2 is 2.12 bits per heavy atom. The van der Waals surface area contributed by atoms with Gasteiger partial charge in [0.25, 0.3) is 0 Å². The predicted octanol–water partition coefficient (Wildman–Crippen LogP) is 2.45. The fraction of sp³-hybridized carbons (Fsp3) is 0.462. The number of nitrogens with two attached hydrogens (primary N) is 1. The Morgan fingerprint density at radius 1 is 1.47 bits per heavy atom. The average Bonchev–Trinajstić information content (AvgIpc) is 2.25. The van der Waals surface area contributed by atoms with E-state index in [1.165, 1.54) is 6.07 Å². The zero-order valence-electron chi connectivity index (χ0n) is 10.6. The first-order valence-electron chi connectivity index (χ1n) is 5.83. The van der Waals surface area contributed by atoms with Crippen LogP contribution in [0.15, 0.2) is 18.2 Å². The highest BCUT2D eigenvalue weighted by Gasteiger charge is 2.16. The van der Waals surface area contributed by atoms with Crippen LogP contribution in [0.25, 0.3) is 0 Å². The van der Waals surface area contributed by atoms with Gasteiger partial charge >= 0.3 is 5.97 Å². The minimum Gasteiger partial charge on any atom is -0.478 e. The molecule has 1 aromatic rings. The van der Waals surface area contributed by atoms with Crippen LogP contribution in [0.3, 0.4) is 0 Å². The van der Waals surface area contributed by atoms with E-state index in [0.29, 0.717) is 11.6 Å². The van der Waals surface area contributed by atoms with Crippen LogP contribution in [0.1, 0.15) is 31.1 Å². The number of carboxylic acid groups (broad SMARTS) is 1. The van der Waals surface area contributed by atoms with Crippen LogP contribution < -0.4 is 10.6 Å². The van der Waals surface area contributed by atoms with Crippen molar-refractivity contribution >= 4 is 17.3 Å². The molecule has 0 heterocycles. The first-order chi connectivity index (χ1) is 7.95. The van der Waals surface area contributed by atoms with Crippen LogP contribution in [0, 0.1) is 5.92 Å². The molecule has 17 heavy (non-hydrogen) atoms. The molecule has 4 heteroatoms. The number of hydrogen-bond donors (Lipinski definition) is 2. The molecular formula is C13H20N2O2. The van der Waals surface area contributed by atoms with Crippen molar-refractivity contribution in [2.45, 2.75) is 20.8 Å². The Labute approximate surface area is 102 Å². The van der Waals surface area contributed by atoms with Gasteiger partial charge in [0.2, 0.25) is 0 Å². The monoisotopic (exact) mass is 236 g/mol. The van der Waals surface area contributed by atoms with Gasteiger partial charge < -0.3 is 15.7 Å². The number of aromatic carboxylic acids is 1. The van der Waals surface area contributed by atoms with Gasteiger partial charge in [-0.2, -0.15) is 0 Å². The van der Waals surface area contributed by atoms with Gasteiger partial charge in [-0.1, -0.05) is 13.8 Å². The smallest absolute Gasteiger partial charge is 0.337 e. The molecule has 0 aliphatic carbocycles. The SMILES string of the molecule is CCN(CC(C)C)c1ccc(N)cc1C(=O)O. The van der Waals surface area contributed by atoms with Crippen molar-refractivity contribution in [3.8, 4) is 0 Å². The Morgan fingerprint density at radius 3 is 2.59 bits per heavy atom. The summed E-state index contributed by atoms with van der Waals surface area (Å²) in [7, 11) is 0. The number of rotatable bonds is 5. The molecule has 0 atom stereocenters. The Bertz CT molecular complexity index is 402. The first-order valence-corrected chi connectivity index (χ1v) is 5.83. The highest BCUT2D eigenvalue weighted by Crippen LogP contribution is 2.24. The van der Waals surface area contributed by atoms with Crippen LogP contribution in [0.5, 0.6) is 0 Å². The standard InChI is InChI=1S/C13H20N2O2/c1-4-15(8-9(2)3)12-6-5-10(14)7-11(12)13(16)17/h5-7,9H,4,8,14H2,1-3H3,(H,16,17). The van der Waals surface area contributed by atoms with E-state index in [1.807, 2.05) is 6.92 Å². The van der Waals surface area contributed by atoms with Crippen molar-refractivity contribution < 1.29 is 9.90 Å². The van der Waals surface area contributed by atoms with E-state index in [4.69, 9.17) is 5.73 Å². The summed E-state index contributed by atoms with van der Waals surface area (Å²) in [5, 5.41) is 9.19. The second-order valence-corrected chi connectivity index (χ2v) is 4.51. The number of carbonyl (C=O) groups is 1. The molecular weight excluding hydrogens is 216 g/mol. The summed E-state index contributed by atoms with van der Waals surface area (Å²) < 4.78 is 0. The third-order valence-corrected chi connectivity index (χ3v) is 2.56. The number of carboxylic acids is 1. The van der Waals surface area contributed by atoms with Gasteiger partial charge in [0.15, 0.2) is 0 Å². The lowest BCUT2D eigenvalue weighted by atomic mass is 10.1. The van der Waals surface area contributed by atoms with E-state index >= 15 is 0 Å². The van der Waals surface area contributed by atoms with Crippen molar-refractivity contribution in [2.24, 2.45) is 5.92 Å². The van der Waals surface area contributed by atoms with Crippen molar-refractivity contribution in [1.82, 2.24) is 0 Å². The molecule has 0 unspecified atom stereocenters. The fourth-order valence-corrected chi connectivity index (χ4v) is 1.84. The average molecular weight is 236 g/mol. The van der Waals surface area contributed by atoms with Gasteiger partial charge in [0.05, 0.1) is 11.3 Å².